The first-order valence-electron chi connectivity index (χ1n) is 11.4. The van der Waals surface area contributed by atoms with Gasteiger partial charge in [0.1, 0.15) is 6.61 Å². The Hall–Kier alpha value is -3.39. The Labute approximate surface area is 199 Å². The first kappa shape index (κ1) is 25.2. The van der Waals surface area contributed by atoms with Gasteiger partial charge >= 0.3 is 12.1 Å². The second-order valence-corrected chi connectivity index (χ2v) is 8.97. The Kier molecular flexibility index (Phi) is 8.28. The van der Waals surface area contributed by atoms with Crippen molar-refractivity contribution in [3.05, 3.63) is 59.7 Å². The SMILES string of the molecule is COCC(C)(NC(=O)CCC(C)CNC(=O)OCC1c2ccccc2-c2ccccc21)C(=O)O. The summed E-state index contributed by atoms with van der Waals surface area (Å²) in [4.78, 5) is 35.9. The van der Waals surface area contributed by atoms with Crippen LogP contribution in [0, 0.1) is 5.92 Å². The Morgan fingerprint density at radius 3 is 2.21 bits per heavy atom. The molecule has 2 unspecified atom stereocenters. The number of aliphatic carboxylic acids is 1. The summed E-state index contributed by atoms with van der Waals surface area (Å²) in [5.41, 5.74) is 3.16. The minimum atomic E-state index is -1.48. The smallest absolute Gasteiger partial charge is 0.407 e. The van der Waals surface area contributed by atoms with Crippen LogP contribution in [0.2, 0.25) is 0 Å². The van der Waals surface area contributed by atoms with Crippen molar-refractivity contribution in [2.45, 2.75) is 38.1 Å². The van der Waals surface area contributed by atoms with E-state index in [1.54, 1.807) is 0 Å². The minimum absolute atomic E-state index is 0.00439. The number of hydrogen-bond acceptors (Lipinski definition) is 5. The van der Waals surface area contributed by atoms with Crippen LogP contribution >= 0.6 is 0 Å². The zero-order chi connectivity index (χ0) is 24.7. The number of methoxy groups -OCH3 is 1. The van der Waals surface area contributed by atoms with Crippen LogP contribution in [0.25, 0.3) is 11.1 Å². The summed E-state index contributed by atoms with van der Waals surface area (Å²) in [5.74, 6) is -1.54. The topological polar surface area (TPSA) is 114 Å². The third-order valence-electron chi connectivity index (χ3n) is 6.12. The van der Waals surface area contributed by atoms with Gasteiger partial charge in [0.05, 0.1) is 6.61 Å². The van der Waals surface area contributed by atoms with Gasteiger partial charge in [-0.2, -0.15) is 0 Å². The predicted octanol–water partition coefficient (Wildman–Crippen LogP) is 3.55. The summed E-state index contributed by atoms with van der Waals surface area (Å²) in [6.45, 7) is 3.76. The number of carboxylic acid groups (broad SMARTS) is 1. The number of rotatable bonds is 11. The molecule has 0 radical (unpaired) electrons. The monoisotopic (exact) mass is 468 g/mol. The molecule has 0 aromatic heterocycles. The second-order valence-electron chi connectivity index (χ2n) is 8.97. The Balaban J connectivity index is 1.43. The van der Waals surface area contributed by atoms with Crippen LogP contribution in [0.1, 0.15) is 43.7 Å². The molecule has 3 N–H and O–H groups in total. The molecule has 2 aromatic rings. The Morgan fingerprint density at radius 2 is 1.65 bits per heavy atom. The zero-order valence-electron chi connectivity index (χ0n) is 19.8. The molecule has 182 valence electrons. The molecule has 0 fully saturated rings. The fraction of sp³-hybridized carbons (Fsp3) is 0.423. The summed E-state index contributed by atoms with van der Waals surface area (Å²) in [7, 11) is 1.38. The van der Waals surface area contributed by atoms with Crippen molar-refractivity contribution in [1.29, 1.82) is 0 Å². The molecule has 1 aliphatic rings. The van der Waals surface area contributed by atoms with Gasteiger partial charge in [-0.3, -0.25) is 4.79 Å². The summed E-state index contributed by atoms with van der Waals surface area (Å²) < 4.78 is 10.4. The molecule has 0 heterocycles. The maximum atomic E-state index is 12.3. The number of carboxylic acids is 1. The maximum Gasteiger partial charge on any atom is 0.407 e. The fourth-order valence-electron chi connectivity index (χ4n) is 4.20. The average Bonchev–Trinajstić information content (AvgIpc) is 3.14. The van der Waals surface area contributed by atoms with Crippen molar-refractivity contribution in [1.82, 2.24) is 10.6 Å². The summed E-state index contributed by atoms with van der Waals surface area (Å²) in [6, 6.07) is 16.3. The molecular weight excluding hydrogens is 436 g/mol. The number of carbonyl (C=O) groups excluding carboxylic acids is 2. The van der Waals surface area contributed by atoms with E-state index in [0.29, 0.717) is 13.0 Å². The number of alkyl carbamates (subject to hydrolysis) is 1. The van der Waals surface area contributed by atoms with Gasteiger partial charge in [0.25, 0.3) is 0 Å². The number of ether oxygens (including phenoxy) is 2. The van der Waals surface area contributed by atoms with Crippen LogP contribution in [0.5, 0.6) is 0 Å². The van der Waals surface area contributed by atoms with Gasteiger partial charge in [-0.25, -0.2) is 9.59 Å². The molecule has 2 aromatic carbocycles. The Bertz CT molecular complexity index is 994. The van der Waals surface area contributed by atoms with E-state index in [4.69, 9.17) is 9.47 Å². The molecule has 0 aliphatic heterocycles. The van der Waals surface area contributed by atoms with Gasteiger partial charge in [0.2, 0.25) is 5.91 Å². The van der Waals surface area contributed by atoms with Crippen molar-refractivity contribution < 1.29 is 29.0 Å². The lowest BCUT2D eigenvalue weighted by molar-refractivity contribution is -0.149. The van der Waals surface area contributed by atoms with Gasteiger partial charge in [0.15, 0.2) is 5.54 Å². The van der Waals surface area contributed by atoms with Crippen LogP contribution in [-0.4, -0.2) is 55.5 Å². The van der Waals surface area contributed by atoms with Gasteiger partial charge in [-0.1, -0.05) is 55.5 Å². The molecule has 0 bridgehead atoms. The third-order valence-corrected chi connectivity index (χ3v) is 6.12. The van der Waals surface area contributed by atoms with Crippen molar-refractivity contribution in [3.63, 3.8) is 0 Å². The molecule has 0 saturated carbocycles. The fourth-order valence-corrected chi connectivity index (χ4v) is 4.20. The highest BCUT2D eigenvalue weighted by atomic mass is 16.5. The van der Waals surface area contributed by atoms with E-state index in [1.807, 2.05) is 31.2 Å². The van der Waals surface area contributed by atoms with Crippen LogP contribution < -0.4 is 10.6 Å². The van der Waals surface area contributed by atoms with Gasteiger partial charge < -0.3 is 25.2 Å². The van der Waals surface area contributed by atoms with Crippen LogP contribution in [-0.2, 0) is 19.1 Å². The van der Waals surface area contributed by atoms with Crippen molar-refractivity contribution >= 4 is 18.0 Å². The largest absolute Gasteiger partial charge is 0.479 e. The first-order chi connectivity index (χ1) is 16.2. The van der Waals surface area contributed by atoms with E-state index in [9.17, 15) is 19.5 Å². The van der Waals surface area contributed by atoms with E-state index < -0.39 is 17.6 Å². The lowest BCUT2D eigenvalue weighted by Gasteiger charge is -2.25. The molecule has 1 aliphatic carbocycles. The Morgan fingerprint density at radius 1 is 1.06 bits per heavy atom. The normalized spacial score (nSPS) is 14.9. The highest BCUT2D eigenvalue weighted by Crippen LogP contribution is 2.44. The highest BCUT2D eigenvalue weighted by molar-refractivity contribution is 5.86. The molecule has 8 nitrogen and oxygen atoms in total. The van der Waals surface area contributed by atoms with Crippen molar-refractivity contribution in [3.8, 4) is 11.1 Å². The van der Waals surface area contributed by atoms with Crippen LogP contribution in [0.3, 0.4) is 0 Å². The second kappa shape index (κ2) is 11.2. The average molecular weight is 469 g/mol. The van der Waals surface area contributed by atoms with Crippen molar-refractivity contribution in [2.75, 3.05) is 26.9 Å². The number of benzene rings is 2. The molecule has 8 heteroatoms. The van der Waals surface area contributed by atoms with Crippen molar-refractivity contribution in [2.24, 2.45) is 5.92 Å². The number of amides is 2. The number of fused-ring (bicyclic) bond motifs is 3. The lowest BCUT2D eigenvalue weighted by Crippen LogP contribution is -2.55. The third kappa shape index (κ3) is 5.94. The molecule has 3 rings (SSSR count). The molecule has 0 saturated heterocycles. The number of nitrogens with one attached hydrogen (secondary N) is 2. The van der Waals surface area contributed by atoms with E-state index in [-0.39, 0.29) is 37.4 Å². The molecule has 2 amide bonds. The first-order valence-corrected chi connectivity index (χ1v) is 11.4. The number of hydrogen-bond donors (Lipinski definition) is 3. The predicted molar refractivity (Wildman–Crippen MR) is 128 cm³/mol. The number of carbonyl (C=O) groups is 3. The summed E-state index contributed by atoms with van der Waals surface area (Å²) >= 11 is 0. The van der Waals surface area contributed by atoms with E-state index in [1.165, 1.54) is 25.2 Å². The van der Waals surface area contributed by atoms with Gasteiger partial charge in [0, 0.05) is 26.0 Å². The van der Waals surface area contributed by atoms with E-state index in [0.717, 1.165) is 11.1 Å². The summed E-state index contributed by atoms with van der Waals surface area (Å²) in [5, 5.41) is 14.6. The zero-order valence-corrected chi connectivity index (χ0v) is 19.8. The molecule has 34 heavy (non-hydrogen) atoms. The molecular formula is C26H32N2O6. The quantitative estimate of drug-likeness (QED) is 0.465. The lowest BCUT2D eigenvalue weighted by atomic mass is 9.98. The van der Waals surface area contributed by atoms with E-state index >= 15 is 0 Å². The standard InChI is InChI=1S/C26H32N2O6/c1-17(12-13-23(29)28-26(2,16-33-3)24(30)31)14-27-25(32)34-15-22-20-10-6-4-8-18(20)19-9-5-7-11-21(19)22/h4-11,17,22H,12-16H2,1-3H3,(H,27,32)(H,28,29)(H,30,31). The van der Waals surface area contributed by atoms with Gasteiger partial charge in [-0.05, 0) is 41.5 Å². The molecule has 0 spiro atoms. The summed E-state index contributed by atoms with van der Waals surface area (Å²) in [6.07, 6.45) is 0.120. The van der Waals surface area contributed by atoms with Crippen LogP contribution in [0.15, 0.2) is 48.5 Å². The van der Waals surface area contributed by atoms with E-state index in [2.05, 4.69) is 34.9 Å². The van der Waals surface area contributed by atoms with Gasteiger partial charge in [-0.15, -0.1) is 0 Å². The minimum Gasteiger partial charge on any atom is -0.479 e. The van der Waals surface area contributed by atoms with Crippen LogP contribution in [0.4, 0.5) is 4.79 Å². The maximum absolute atomic E-state index is 12.3. The highest BCUT2D eigenvalue weighted by Gasteiger charge is 2.35. The molecule has 2 atom stereocenters.